The Kier molecular flexibility index (Phi) is 5.91. The van der Waals surface area contributed by atoms with Crippen molar-refractivity contribution in [1.29, 1.82) is 0 Å². The van der Waals surface area contributed by atoms with Crippen molar-refractivity contribution in [1.82, 2.24) is 29.3 Å². The summed E-state index contributed by atoms with van der Waals surface area (Å²) in [6, 6.07) is 10.1. The third-order valence-electron chi connectivity index (χ3n) is 7.03. The SMILES string of the molecule is O=c1n(Cc2ccc(C(F)(F)F)nc2)nc2c(N3CC(N4CCCC4)C3)c(-c3ccc(Cl)cc3)cnn12. The molecule has 0 amide bonds. The first-order valence-corrected chi connectivity index (χ1v) is 12.4. The lowest BCUT2D eigenvalue weighted by molar-refractivity contribution is -0.141. The lowest BCUT2D eigenvalue weighted by Gasteiger charge is -2.45. The van der Waals surface area contributed by atoms with Gasteiger partial charge in [0.1, 0.15) is 5.69 Å². The molecule has 8 nitrogen and oxygen atoms in total. The predicted molar refractivity (Wildman–Crippen MR) is 133 cm³/mol. The van der Waals surface area contributed by atoms with E-state index in [4.69, 9.17) is 11.6 Å². The Morgan fingerprint density at radius 1 is 1.00 bits per heavy atom. The first-order valence-electron chi connectivity index (χ1n) is 12.0. The second kappa shape index (κ2) is 9.14. The van der Waals surface area contributed by atoms with Crippen LogP contribution < -0.4 is 10.6 Å². The maximum atomic E-state index is 13.2. The number of halogens is 4. The standard InChI is InChI=1S/C25H23ClF3N7O/c26-18-6-4-17(5-7-18)20-12-31-36-23(22(20)34-14-19(15-34)33-9-1-2-10-33)32-35(24(36)37)13-16-3-8-21(30-11-16)25(27,28)29/h3-8,11-12,19H,1-2,9-10,13-15H2. The van der Waals surface area contributed by atoms with Gasteiger partial charge in [0.05, 0.1) is 18.4 Å². The van der Waals surface area contributed by atoms with Gasteiger partial charge in [0.2, 0.25) is 5.65 Å². The monoisotopic (exact) mass is 529 g/mol. The van der Waals surface area contributed by atoms with E-state index < -0.39 is 17.6 Å². The van der Waals surface area contributed by atoms with Crippen LogP contribution in [0.5, 0.6) is 0 Å². The number of likely N-dealkylation sites (tertiary alicyclic amines) is 1. The summed E-state index contributed by atoms with van der Waals surface area (Å²) in [5.74, 6) is 0. The van der Waals surface area contributed by atoms with Gasteiger partial charge in [0.25, 0.3) is 0 Å². The minimum Gasteiger partial charge on any atom is -0.365 e. The van der Waals surface area contributed by atoms with Crippen LogP contribution in [0.3, 0.4) is 0 Å². The van der Waals surface area contributed by atoms with Crippen LogP contribution in [-0.2, 0) is 12.7 Å². The zero-order valence-electron chi connectivity index (χ0n) is 19.7. The summed E-state index contributed by atoms with van der Waals surface area (Å²) >= 11 is 6.10. The number of aromatic nitrogens is 5. The minimum atomic E-state index is -4.53. The van der Waals surface area contributed by atoms with Crippen LogP contribution in [0.1, 0.15) is 24.1 Å². The molecule has 0 radical (unpaired) electrons. The van der Waals surface area contributed by atoms with Crippen molar-refractivity contribution in [2.75, 3.05) is 31.1 Å². The molecule has 1 aromatic carbocycles. The zero-order chi connectivity index (χ0) is 25.7. The van der Waals surface area contributed by atoms with E-state index >= 15 is 0 Å². The van der Waals surface area contributed by atoms with Crippen LogP contribution >= 0.6 is 11.6 Å². The molecule has 0 N–H and O–H groups in total. The highest BCUT2D eigenvalue weighted by molar-refractivity contribution is 6.30. The fourth-order valence-corrected chi connectivity index (χ4v) is 5.16. The summed E-state index contributed by atoms with van der Waals surface area (Å²) in [6.45, 7) is 3.79. The Bertz CT molecular complexity index is 1490. The van der Waals surface area contributed by atoms with Gasteiger partial charge in [-0.2, -0.15) is 22.8 Å². The lowest BCUT2D eigenvalue weighted by atomic mass is 10.0. The summed E-state index contributed by atoms with van der Waals surface area (Å²) in [6.07, 6.45) is 0.666. The van der Waals surface area contributed by atoms with Gasteiger partial charge in [0, 0.05) is 35.9 Å². The topological polar surface area (TPSA) is 71.6 Å². The highest BCUT2D eigenvalue weighted by Crippen LogP contribution is 2.37. The molecule has 2 saturated heterocycles. The smallest absolute Gasteiger partial charge is 0.365 e. The molecule has 0 saturated carbocycles. The molecule has 37 heavy (non-hydrogen) atoms. The maximum absolute atomic E-state index is 13.2. The van der Waals surface area contributed by atoms with Crippen molar-refractivity contribution in [3.8, 4) is 11.1 Å². The molecule has 2 aliphatic heterocycles. The number of alkyl halides is 3. The van der Waals surface area contributed by atoms with Gasteiger partial charge in [0.15, 0.2) is 0 Å². The van der Waals surface area contributed by atoms with Gasteiger partial charge in [-0.15, -0.1) is 5.10 Å². The molecule has 6 rings (SSSR count). The molecule has 5 heterocycles. The van der Waals surface area contributed by atoms with E-state index in [-0.39, 0.29) is 6.54 Å². The highest BCUT2D eigenvalue weighted by Gasteiger charge is 2.36. The number of anilines is 1. The first kappa shape index (κ1) is 23.9. The molecule has 3 aromatic heterocycles. The molecule has 192 valence electrons. The molecular formula is C25H23ClF3N7O. The summed E-state index contributed by atoms with van der Waals surface area (Å²) in [7, 11) is 0. The number of pyridine rings is 1. The van der Waals surface area contributed by atoms with E-state index in [1.165, 1.54) is 28.1 Å². The molecule has 2 fully saturated rings. The van der Waals surface area contributed by atoms with Crippen molar-refractivity contribution < 1.29 is 13.2 Å². The van der Waals surface area contributed by atoms with E-state index in [0.29, 0.717) is 22.3 Å². The molecule has 0 atom stereocenters. The van der Waals surface area contributed by atoms with Crippen LogP contribution in [0.4, 0.5) is 18.9 Å². The zero-order valence-corrected chi connectivity index (χ0v) is 20.5. The molecular weight excluding hydrogens is 507 g/mol. The normalized spacial score (nSPS) is 17.0. The van der Waals surface area contributed by atoms with Crippen LogP contribution in [0.2, 0.25) is 5.02 Å². The van der Waals surface area contributed by atoms with E-state index in [1.54, 1.807) is 18.3 Å². The Morgan fingerprint density at radius 2 is 1.73 bits per heavy atom. The molecule has 0 bridgehead atoms. The molecule has 2 aliphatic rings. The van der Waals surface area contributed by atoms with Crippen LogP contribution in [-0.4, -0.2) is 61.5 Å². The Hall–Kier alpha value is -3.44. The van der Waals surface area contributed by atoms with Crippen LogP contribution in [0.25, 0.3) is 16.8 Å². The summed E-state index contributed by atoms with van der Waals surface area (Å²) in [5, 5.41) is 9.57. The number of nitrogens with zero attached hydrogens (tertiary/aromatic N) is 7. The number of benzene rings is 1. The summed E-state index contributed by atoms with van der Waals surface area (Å²) in [4.78, 5) is 21.4. The van der Waals surface area contributed by atoms with E-state index in [2.05, 4.69) is 25.0 Å². The van der Waals surface area contributed by atoms with Crippen LogP contribution in [0, 0.1) is 0 Å². The van der Waals surface area contributed by atoms with Crippen molar-refractivity contribution >= 4 is 22.9 Å². The number of hydrogen-bond donors (Lipinski definition) is 0. The van der Waals surface area contributed by atoms with Gasteiger partial charge >= 0.3 is 11.9 Å². The molecule has 12 heteroatoms. The fourth-order valence-electron chi connectivity index (χ4n) is 5.04. The van der Waals surface area contributed by atoms with Crippen LogP contribution in [0.15, 0.2) is 53.6 Å². The second-order valence-electron chi connectivity index (χ2n) is 9.44. The lowest BCUT2D eigenvalue weighted by Crippen LogP contribution is -2.59. The van der Waals surface area contributed by atoms with E-state index in [1.807, 2.05) is 12.1 Å². The highest BCUT2D eigenvalue weighted by atomic mass is 35.5. The van der Waals surface area contributed by atoms with Gasteiger partial charge in [-0.05, 0) is 55.3 Å². The predicted octanol–water partition coefficient (Wildman–Crippen LogP) is 3.96. The Morgan fingerprint density at radius 3 is 2.38 bits per heavy atom. The first-order chi connectivity index (χ1) is 17.8. The molecule has 0 spiro atoms. The van der Waals surface area contributed by atoms with Crippen molar-refractivity contribution in [2.24, 2.45) is 0 Å². The fraction of sp³-hybridized carbons (Fsp3) is 0.360. The Labute approximate surface area is 214 Å². The van der Waals surface area contributed by atoms with Gasteiger partial charge in [-0.3, -0.25) is 9.88 Å². The third kappa shape index (κ3) is 4.46. The van der Waals surface area contributed by atoms with Gasteiger partial charge < -0.3 is 4.90 Å². The average molecular weight is 530 g/mol. The number of fused-ring (bicyclic) bond motifs is 1. The number of hydrogen-bond acceptors (Lipinski definition) is 6. The maximum Gasteiger partial charge on any atom is 0.433 e. The third-order valence-corrected chi connectivity index (χ3v) is 7.28. The van der Waals surface area contributed by atoms with Crippen molar-refractivity contribution in [3.63, 3.8) is 0 Å². The minimum absolute atomic E-state index is 0.0283. The van der Waals surface area contributed by atoms with Gasteiger partial charge in [-0.25, -0.2) is 9.48 Å². The molecule has 0 aliphatic carbocycles. The molecule has 4 aromatic rings. The summed E-state index contributed by atoms with van der Waals surface area (Å²) in [5.41, 5.74) is 1.89. The van der Waals surface area contributed by atoms with Crippen molar-refractivity contribution in [2.45, 2.75) is 31.6 Å². The molecule has 0 unspecified atom stereocenters. The van der Waals surface area contributed by atoms with E-state index in [9.17, 15) is 18.0 Å². The van der Waals surface area contributed by atoms with Crippen molar-refractivity contribution in [3.05, 3.63) is 75.6 Å². The number of rotatable bonds is 5. The average Bonchev–Trinajstić information content (AvgIpc) is 3.48. The van der Waals surface area contributed by atoms with Gasteiger partial charge in [-0.1, -0.05) is 29.8 Å². The quantitative estimate of drug-likeness (QED) is 0.390. The Balaban J connectivity index is 1.38. The van der Waals surface area contributed by atoms with E-state index in [0.717, 1.165) is 55.3 Å². The summed E-state index contributed by atoms with van der Waals surface area (Å²) < 4.78 is 41.1. The largest absolute Gasteiger partial charge is 0.433 e. The second-order valence-corrected chi connectivity index (χ2v) is 9.88.